The summed E-state index contributed by atoms with van der Waals surface area (Å²) in [4.78, 5) is 40.9. The van der Waals surface area contributed by atoms with Gasteiger partial charge in [-0.05, 0) is 185 Å². The summed E-state index contributed by atoms with van der Waals surface area (Å²) < 4.78 is 6.49. The minimum Gasteiger partial charge on any atom is -0.455 e. The number of fused-ring (bicyclic) bond motifs is 21. The van der Waals surface area contributed by atoms with E-state index in [9.17, 15) is 0 Å². The molecule has 6 heterocycles. The number of furan rings is 1. The molecule has 0 saturated carbocycles. The number of hydrogen-bond donors (Lipinski definition) is 0. The van der Waals surface area contributed by atoms with Crippen molar-refractivity contribution in [3.8, 4) is 135 Å². The quantitative estimate of drug-likeness (QED) is 0.117. The third-order valence-electron chi connectivity index (χ3n) is 25.9. The summed E-state index contributed by atoms with van der Waals surface area (Å²) >= 11 is 0. The molecular weight excluding hydrogens is 1520 g/mol. The van der Waals surface area contributed by atoms with Crippen molar-refractivity contribution in [2.45, 2.75) is 10.8 Å². The van der Waals surface area contributed by atoms with E-state index >= 15 is 0 Å². The lowest BCUT2D eigenvalue weighted by Gasteiger charge is -2.45. The normalized spacial score (nSPS) is 14.0. The summed E-state index contributed by atoms with van der Waals surface area (Å²) in [6.45, 7) is 0. The van der Waals surface area contributed by atoms with Crippen LogP contribution in [-0.2, 0) is 10.8 Å². The molecule has 17 aromatic carbocycles. The summed E-state index contributed by atoms with van der Waals surface area (Å²) in [6.07, 6.45) is 1.78. The first-order valence-electron chi connectivity index (χ1n) is 42.4. The molecule has 125 heavy (non-hydrogen) atoms. The molecule has 2 aliphatic heterocycles. The molecule has 21 aromatic rings. The Kier molecular flexibility index (Phi) is 16.2. The molecule has 10 nitrogen and oxygen atoms in total. The second-order valence-corrected chi connectivity index (χ2v) is 32.5. The molecule has 4 aliphatic rings. The van der Waals surface area contributed by atoms with Gasteiger partial charge in [0.2, 0.25) is 0 Å². The highest BCUT2D eigenvalue weighted by molar-refractivity contribution is 6.10. The summed E-state index contributed by atoms with van der Waals surface area (Å²) in [5.41, 5.74) is 35.1. The predicted octanol–water partition coefficient (Wildman–Crippen LogP) is 28.3. The highest BCUT2D eigenvalue weighted by Gasteiger charge is 2.54. The highest BCUT2D eigenvalue weighted by atomic mass is 16.3. The van der Waals surface area contributed by atoms with Crippen molar-refractivity contribution < 1.29 is 4.42 Å². The third-order valence-corrected chi connectivity index (χ3v) is 25.9. The molecule has 0 radical (unpaired) electrons. The van der Waals surface area contributed by atoms with Crippen molar-refractivity contribution in [2.75, 3.05) is 9.80 Å². The van der Waals surface area contributed by atoms with Gasteiger partial charge in [-0.1, -0.05) is 346 Å². The highest BCUT2D eigenvalue weighted by Crippen LogP contribution is 2.67. The zero-order chi connectivity index (χ0) is 82.3. The zero-order valence-corrected chi connectivity index (χ0v) is 67.4. The zero-order valence-electron chi connectivity index (χ0n) is 67.4. The Morgan fingerprint density at radius 2 is 0.624 bits per heavy atom. The molecule has 2 aliphatic carbocycles. The van der Waals surface area contributed by atoms with E-state index in [1.165, 1.54) is 66.8 Å². The van der Waals surface area contributed by atoms with Gasteiger partial charge in [0.1, 0.15) is 16.9 Å². The van der Waals surface area contributed by atoms with E-state index in [1.807, 2.05) is 78.9 Å². The first-order valence-corrected chi connectivity index (χ1v) is 42.4. The Hall–Kier alpha value is -16.7. The Morgan fingerprint density at radius 3 is 1.31 bits per heavy atom. The van der Waals surface area contributed by atoms with Crippen LogP contribution < -0.4 is 9.80 Å². The number of aromatic nitrogens is 7. The molecule has 1 unspecified atom stereocenters. The lowest BCUT2D eigenvalue weighted by Crippen LogP contribution is -2.36. The van der Waals surface area contributed by atoms with Crippen LogP contribution in [-0.4, -0.2) is 34.9 Å². The fourth-order valence-electron chi connectivity index (χ4n) is 20.5. The molecule has 582 valence electrons. The summed E-state index contributed by atoms with van der Waals surface area (Å²) in [6, 6.07) is 153. The first kappa shape index (κ1) is 71.2. The Balaban J connectivity index is 0.586. The van der Waals surface area contributed by atoms with Gasteiger partial charge in [0.05, 0.1) is 33.6 Å². The maximum Gasteiger partial charge on any atom is 0.182 e. The van der Waals surface area contributed by atoms with Gasteiger partial charge < -0.3 is 14.2 Å². The number of hydrogen-bond acceptors (Lipinski definition) is 10. The lowest BCUT2D eigenvalue weighted by atomic mass is 9.64. The molecule has 1 atom stereocenters. The Morgan fingerprint density at radius 1 is 0.208 bits per heavy atom. The average molecular weight is 1590 g/mol. The van der Waals surface area contributed by atoms with Gasteiger partial charge in [-0.3, -0.25) is 4.98 Å². The van der Waals surface area contributed by atoms with Crippen molar-refractivity contribution in [3.63, 3.8) is 0 Å². The number of benzene rings is 17. The smallest absolute Gasteiger partial charge is 0.182 e. The molecule has 10 heteroatoms. The van der Waals surface area contributed by atoms with Crippen LogP contribution in [0.3, 0.4) is 0 Å². The summed E-state index contributed by atoms with van der Waals surface area (Å²) in [7, 11) is 0. The largest absolute Gasteiger partial charge is 0.455 e. The standard InChI is InChI=1S/C115H71N9O/c1-4-29-74(30-5-1)108-117-110(76-58-56-73(57-59-76)85-43-27-44-89-88-39-14-23-55-105(88)125-107(85)89)119-111(118-108)80-34-26-33-77(69-80)78-62-66-87-86-38-12-15-45-92(86)115(99(87)70-78)95-48-18-20-52-101(95)123(102-53-21-19-49-96(102)115)82-64-60-72(61-65-82)84-42-28-50-98-106(84)91-41-13-16-46-93(91)114(98)94-47-17-22-54-103(94)124(81-35-8-3-9-36-81)104-71-79(63-67-97(104)114)83-37-10-11-40-90(83)112-120-109(75-31-6-2-7-32-75)121-113(122-112)100-51-24-25-68-116-100/h1-71H. The van der Waals surface area contributed by atoms with Crippen LogP contribution in [0, 0.1) is 0 Å². The van der Waals surface area contributed by atoms with Crippen LogP contribution in [0.2, 0.25) is 0 Å². The number of nitrogens with zero attached hydrogens (tertiary/aromatic N) is 9. The monoisotopic (exact) mass is 1590 g/mol. The number of rotatable bonds is 12. The van der Waals surface area contributed by atoms with Crippen molar-refractivity contribution in [1.82, 2.24) is 34.9 Å². The van der Waals surface area contributed by atoms with Crippen LogP contribution >= 0.6 is 0 Å². The minimum atomic E-state index is -0.745. The van der Waals surface area contributed by atoms with Crippen LogP contribution in [0.4, 0.5) is 34.1 Å². The molecule has 25 rings (SSSR count). The van der Waals surface area contributed by atoms with E-state index in [4.69, 9.17) is 39.3 Å². The molecule has 0 N–H and O–H groups in total. The summed E-state index contributed by atoms with van der Waals surface area (Å²) in [5, 5.41) is 2.19. The molecule has 0 saturated heterocycles. The van der Waals surface area contributed by atoms with Gasteiger partial charge >= 0.3 is 0 Å². The second-order valence-electron chi connectivity index (χ2n) is 32.5. The molecular formula is C115H71N9O. The fourth-order valence-corrected chi connectivity index (χ4v) is 20.5. The van der Waals surface area contributed by atoms with E-state index in [1.54, 1.807) is 6.20 Å². The van der Waals surface area contributed by atoms with E-state index in [0.29, 0.717) is 40.6 Å². The van der Waals surface area contributed by atoms with Gasteiger partial charge in [0.15, 0.2) is 34.9 Å². The molecule has 0 amide bonds. The SMILES string of the molecule is c1ccc(-c2nc(-c3ccc(-c4cccc5c4oc4ccccc45)cc3)nc(-c3cccc(-c4ccc5c(c4)C4(c6ccccc6-5)c5ccccc5N(c5ccc(-c6cccc7c6-c6ccccc6C76c7ccccc7N(c7ccccc7)c7cc(-c8ccccc8-c8nc(-c9ccccc9)nc(-c9ccccn9)n8)ccc76)cc5)c5ccccc54)c3)n2)cc1. The van der Waals surface area contributed by atoms with Gasteiger partial charge in [-0.15, -0.1) is 0 Å². The number of para-hydroxylation sites is 6. The lowest BCUT2D eigenvalue weighted by molar-refractivity contribution is 0.670. The third kappa shape index (κ3) is 11.0. The number of pyridine rings is 1. The maximum atomic E-state index is 6.49. The van der Waals surface area contributed by atoms with Crippen molar-refractivity contribution in [1.29, 1.82) is 0 Å². The van der Waals surface area contributed by atoms with E-state index in [2.05, 4.69) is 356 Å². The minimum absolute atomic E-state index is 0.504. The molecule has 2 spiro atoms. The first-order chi connectivity index (χ1) is 62.0. The van der Waals surface area contributed by atoms with Gasteiger partial charge in [0.25, 0.3) is 0 Å². The molecule has 0 fully saturated rings. The predicted molar refractivity (Wildman–Crippen MR) is 504 cm³/mol. The van der Waals surface area contributed by atoms with Crippen LogP contribution in [0.25, 0.3) is 157 Å². The van der Waals surface area contributed by atoms with E-state index < -0.39 is 10.8 Å². The van der Waals surface area contributed by atoms with Crippen molar-refractivity contribution >= 4 is 56.1 Å². The fraction of sp³-hybridized carbons (Fsp3) is 0.0174. The van der Waals surface area contributed by atoms with Crippen molar-refractivity contribution in [2.24, 2.45) is 0 Å². The molecule has 4 aromatic heterocycles. The van der Waals surface area contributed by atoms with Gasteiger partial charge in [-0.25, -0.2) is 29.9 Å². The second kappa shape index (κ2) is 28.5. The van der Waals surface area contributed by atoms with Crippen LogP contribution in [0.15, 0.2) is 435 Å². The average Bonchev–Trinajstić information content (AvgIpc) is 1.53. The van der Waals surface area contributed by atoms with Crippen molar-refractivity contribution in [3.05, 3.63) is 475 Å². The van der Waals surface area contributed by atoms with Crippen LogP contribution in [0.5, 0.6) is 0 Å². The Labute approximate surface area is 721 Å². The van der Waals surface area contributed by atoms with Crippen LogP contribution in [0.1, 0.15) is 44.5 Å². The van der Waals surface area contributed by atoms with E-state index in [-0.39, 0.29) is 0 Å². The Bertz CT molecular complexity index is 7830. The number of anilines is 6. The maximum absolute atomic E-state index is 6.49. The topological polar surface area (TPSA) is 110 Å². The van der Waals surface area contributed by atoms with Gasteiger partial charge in [-0.2, -0.15) is 0 Å². The molecule has 0 bridgehead atoms. The summed E-state index contributed by atoms with van der Waals surface area (Å²) in [5.74, 6) is 3.41. The van der Waals surface area contributed by atoms with Gasteiger partial charge in [0, 0.05) is 61.7 Å². The van der Waals surface area contributed by atoms with E-state index in [0.717, 1.165) is 128 Å².